The highest BCUT2D eigenvalue weighted by Crippen LogP contribution is 2.33. The van der Waals surface area contributed by atoms with Gasteiger partial charge in [0.1, 0.15) is 6.61 Å². The summed E-state index contributed by atoms with van der Waals surface area (Å²) in [5, 5.41) is 0. The predicted octanol–water partition coefficient (Wildman–Crippen LogP) is -0.0790. The van der Waals surface area contributed by atoms with Crippen molar-refractivity contribution in [1.82, 2.24) is 16.3 Å². The number of nitrogens with one attached hydrogen (secondary N) is 3. The average molecular weight is 299 g/mol. The molecule has 1 rings (SSSR count). The number of esters is 1. The molecular weight excluding hydrogens is 272 g/mol. The van der Waals surface area contributed by atoms with E-state index in [1.807, 2.05) is 0 Å². The molecule has 0 heterocycles. The van der Waals surface area contributed by atoms with Crippen molar-refractivity contribution in [2.45, 2.75) is 19.3 Å². The summed E-state index contributed by atoms with van der Waals surface area (Å²) in [5.74, 6) is -0.919. The third-order valence-electron chi connectivity index (χ3n) is 4.20. The van der Waals surface area contributed by atoms with Gasteiger partial charge >= 0.3 is 5.97 Å². The van der Waals surface area contributed by atoms with Crippen LogP contribution in [0.5, 0.6) is 0 Å². The normalized spacial score (nSPS) is 22.0. The lowest BCUT2D eigenvalue weighted by Crippen LogP contribution is -2.71. The number of rotatable bonds is 9. The van der Waals surface area contributed by atoms with Crippen LogP contribution in [0.1, 0.15) is 19.3 Å². The van der Waals surface area contributed by atoms with Gasteiger partial charge in [-0.05, 0) is 18.9 Å². The maximum atomic E-state index is 12.2. The maximum absolute atomic E-state index is 12.2. The smallest absolute Gasteiger partial charge is 0.309 e. The summed E-state index contributed by atoms with van der Waals surface area (Å²) in [4.78, 5) is 24.1. The van der Waals surface area contributed by atoms with Gasteiger partial charge in [0.2, 0.25) is 0 Å². The van der Waals surface area contributed by atoms with E-state index >= 15 is 0 Å². The van der Waals surface area contributed by atoms with Crippen LogP contribution in [0.15, 0.2) is 12.7 Å². The van der Waals surface area contributed by atoms with E-state index in [2.05, 4.69) is 22.9 Å². The van der Waals surface area contributed by atoms with E-state index in [-0.39, 0.29) is 35.0 Å². The van der Waals surface area contributed by atoms with Crippen molar-refractivity contribution in [3.05, 3.63) is 12.7 Å². The van der Waals surface area contributed by atoms with E-state index < -0.39 is 0 Å². The van der Waals surface area contributed by atoms with Crippen LogP contribution < -0.4 is 16.3 Å². The first-order valence-corrected chi connectivity index (χ1v) is 7.31. The second-order valence-corrected chi connectivity index (χ2v) is 5.12. The second kappa shape index (κ2) is 8.23. The molecule has 3 N–H and O–H groups in total. The molecule has 1 aliphatic carbocycles. The molecule has 0 saturated heterocycles. The maximum Gasteiger partial charge on any atom is 0.309 e. The molecule has 0 spiro atoms. The van der Waals surface area contributed by atoms with Gasteiger partial charge in [0.05, 0.1) is 5.92 Å². The monoisotopic (exact) mass is 299 g/mol. The van der Waals surface area contributed by atoms with Crippen LogP contribution in [-0.2, 0) is 14.3 Å². The van der Waals surface area contributed by atoms with Gasteiger partial charge in [0, 0.05) is 27.1 Å². The Balaban J connectivity index is 2.50. The zero-order chi connectivity index (χ0) is 15.9. The van der Waals surface area contributed by atoms with Crippen LogP contribution >= 0.6 is 0 Å². The fourth-order valence-corrected chi connectivity index (χ4v) is 2.80. The zero-order valence-corrected chi connectivity index (χ0v) is 13.1. The Morgan fingerprint density at radius 1 is 1.19 bits per heavy atom. The zero-order valence-electron chi connectivity index (χ0n) is 13.1. The first-order chi connectivity index (χ1) is 10.0. The lowest BCUT2D eigenvalue weighted by atomic mass is 9.92. The van der Waals surface area contributed by atoms with Crippen molar-refractivity contribution in [2.24, 2.45) is 11.8 Å². The highest BCUT2D eigenvalue weighted by Gasteiger charge is 2.37. The molecule has 0 aliphatic heterocycles. The largest absolute Gasteiger partial charge is 0.459 e. The van der Waals surface area contributed by atoms with E-state index in [1.54, 1.807) is 21.1 Å². The SMILES string of the molecule is C=CC(=O)C1CCC[C@H]1C(=O)OCC[N+](NC)(NC)NC. The molecule has 120 valence electrons. The third kappa shape index (κ3) is 4.34. The number of quaternary nitrogens is 1. The highest BCUT2D eigenvalue weighted by molar-refractivity contribution is 5.94. The summed E-state index contributed by atoms with van der Waals surface area (Å²) < 4.78 is 5.35. The molecule has 0 radical (unpaired) electrons. The van der Waals surface area contributed by atoms with Crippen LogP contribution in [0, 0.1) is 11.8 Å². The number of ketones is 1. The minimum atomic E-state index is -0.323. The van der Waals surface area contributed by atoms with Crippen LogP contribution in [0.3, 0.4) is 0 Å². The van der Waals surface area contributed by atoms with Gasteiger partial charge in [0.15, 0.2) is 12.3 Å². The van der Waals surface area contributed by atoms with Crippen molar-refractivity contribution in [2.75, 3.05) is 34.3 Å². The number of ether oxygens (including phenoxy) is 1. The van der Waals surface area contributed by atoms with Gasteiger partial charge in [-0.25, -0.2) is 0 Å². The predicted molar refractivity (Wildman–Crippen MR) is 79.3 cm³/mol. The Morgan fingerprint density at radius 3 is 2.29 bits per heavy atom. The van der Waals surface area contributed by atoms with Crippen LogP contribution in [-0.4, -0.2) is 50.9 Å². The molecule has 0 amide bonds. The molecule has 2 atom stereocenters. The van der Waals surface area contributed by atoms with Crippen LogP contribution in [0.4, 0.5) is 0 Å². The van der Waals surface area contributed by atoms with Crippen molar-refractivity contribution >= 4 is 11.8 Å². The Labute approximate surface area is 126 Å². The quantitative estimate of drug-likeness (QED) is 0.239. The summed E-state index contributed by atoms with van der Waals surface area (Å²) in [6, 6.07) is 0. The minimum absolute atomic E-state index is 0.0553. The minimum Gasteiger partial charge on any atom is -0.459 e. The van der Waals surface area contributed by atoms with E-state index in [4.69, 9.17) is 4.74 Å². The van der Waals surface area contributed by atoms with Crippen LogP contribution in [0.2, 0.25) is 0 Å². The molecule has 0 aromatic heterocycles. The molecule has 1 saturated carbocycles. The number of nitrogens with zero attached hydrogens (tertiary/aromatic N) is 1. The van der Waals surface area contributed by atoms with Gasteiger partial charge in [-0.3, -0.25) is 9.59 Å². The third-order valence-corrected chi connectivity index (χ3v) is 4.20. The molecule has 0 bridgehead atoms. The van der Waals surface area contributed by atoms with E-state index in [0.29, 0.717) is 13.0 Å². The number of allylic oxidation sites excluding steroid dienone is 1. The molecule has 21 heavy (non-hydrogen) atoms. The lowest BCUT2D eigenvalue weighted by Gasteiger charge is -2.32. The molecule has 1 unspecified atom stereocenters. The summed E-state index contributed by atoms with van der Waals surface area (Å²) in [7, 11) is 5.39. The average Bonchev–Trinajstić information content (AvgIpc) is 3.00. The Morgan fingerprint density at radius 2 is 1.76 bits per heavy atom. The first kappa shape index (κ1) is 17.8. The van der Waals surface area contributed by atoms with Gasteiger partial charge < -0.3 is 4.74 Å². The Bertz CT molecular complexity index is 374. The van der Waals surface area contributed by atoms with Gasteiger partial charge in [-0.15, -0.1) is 16.3 Å². The van der Waals surface area contributed by atoms with Crippen molar-refractivity contribution in [1.29, 1.82) is 0 Å². The fraction of sp³-hybridized carbons (Fsp3) is 0.714. The van der Waals surface area contributed by atoms with E-state index in [1.165, 1.54) is 6.08 Å². The number of carbonyl (C=O) groups is 2. The lowest BCUT2D eigenvalue weighted by molar-refractivity contribution is -1.04. The summed E-state index contributed by atoms with van der Waals surface area (Å²) in [6.07, 6.45) is 3.65. The summed E-state index contributed by atoms with van der Waals surface area (Å²) >= 11 is 0. The molecule has 7 nitrogen and oxygen atoms in total. The van der Waals surface area contributed by atoms with Crippen molar-refractivity contribution < 1.29 is 19.1 Å². The topological polar surface area (TPSA) is 79.5 Å². The summed E-state index contributed by atoms with van der Waals surface area (Å²) in [6.45, 7) is 4.27. The molecule has 1 aliphatic rings. The van der Waals surface area contributed by atoms with Crippen molar-refractivity contribution in [3.63, 3.8) is 0 Å². The number of hydrogen-bond donors (Lipinski definition) is 3. The van der Waals surface area contributed by atoms with E-state index in [9.17, 15) is 9.59 Å². The van der Waals surface area contributed by atoms with E-state index in [0.717, 1.165) is 12.8 Å². The fourth-order valence-electron chi connectivity index (χ4n) is 2.80. The van der Waals surface area contributed by atoms with Crippen LogP contribution in [0.25, 0.3) is 0 Å². The highest BCUT2D eigenvalue weighted by atomic mass is 16.5. The van der Waals surface area contributed by atoms with Gasteiger partial charge in [0.25, 0.3) is 0 Å². The second-order valence-electron chi connectivity index (χ2n) is 5.12. The molecule has 1 fully saturated rings. The standard InChI is InChI=1S/C14H27N4O3/c1-5-13(19)11-7-6-8-12(11)14(20)21-10-9-18(15-2,16-3)17-4/h5,11-12,15-17H,1,6-10H2,2-4H3/q+1/t11?,12-/m1/s1. The molecule has 0 aromatic carbocycles. The van der Waals surface area contributed by atoms with Gasteiger partial charge in [-0.1, -0.05) is 17.8 Å². The van der Waals surface area contributed by atoms with Crippen molar-refractivity contribution in [3.8, 4) is 0 Å². The number of carbonyl (C=O) groups excluding carboxylic acids is 2. The Hall–Kier alpha value is -1.28. The van der Waals surface area contributed by atoms with Gasteiger partial charge in [-0.2, -0.15) is 0 Å². The summed E-state index contributed by atoms with van der Waals surface area (Å²) in [5.41, 5.74) is 9.15. The molecule has 0 aromatic rings. The molecule has 7 heteroatoms. The Kier molecular flexibility index (Phi) is 6.97. The first-order valence-electron chi connectivity index (χ1n) is 7.31. The molecular formula is C14H27N4O3+. The number of hydrogen-bond acceptors (Lipinski definition) is 6.